The molecule has 0 aromatic heterocycles. The van der Waals surface area contributed by atoms with Gasteiger partial charge in [0.2, 0.25) is 6.79 Å². The first-order chi connectivity index (χ1) is 12.8. The van der Waals surface area contributed by atoms with Crippen LogP contribution in [0.2, 0.25) is 0 Å². The third-order valence-corrected chi connectivity index (χ3v) is 5.94. The summed E-state index contributed by atoms with van der Waals surface area (Å²) in [7, 11) is 0. The van der Waals surface area contributed by atoms with Crippen LogP contribution in [0.15, 0.2) is 23.2 Å². The second-order valence-electron chi connectivity index (χ2n) is 7.64. The summed E-state index contributed by atoms with van der Waals surface area (Å²) in [6.07, 6.45) is 8.16. The lowest BCUT2D eigenvalue weighted by molar-refractivity contribution is 0.0530. The Bertz CT molecular complexity index is 656. The van der Waals surface area contributed by atoms with Crippen molar-refractivity contribution in [3.05, 3.63) is 23.8 Å². The van der Waals surface area contributed by atoms with Gasteiger partial charge in [0, 0.05) is 24.7 Å². The minimum atomic E-state index is -0.0574. The van der Waals surface area contributed by atoms with Crippen molar-refractivity contribution in [1.29, 1.82) is 0 Å². The van der Waals surface area contributed by atoms with E-state index in [0.717, 1.165) is 37.6 Å². The molecule has 0 radical (unpaired) electrons. The van der Waals surface area contributed by atoms with E-state index < -0.39 is 0 Å². The first-order valence-corrected chi connectivity index (χ1v) is 9.80. The Balaban J connectivity index is 0.00000210. The molecule has 3 aliphatic rings. The van der Waals surface area contributed by atoms with Gasteiger partial charge in [-0.2, -0.15) is 0 Å². The summed E-state index contributed by atoms with van der Waals surface area (Å²) in [5, 5.41) is 3.42. The van der Waals surface area contributed by atoms with E-state index >= 15 is 0 Å². The Morgan fingerprint density at radius 1 is 1.11 bits per heavy atom. The molecule has 0 unspecified atom stereocenters. The molecule has 4 rings (SSSR count). The minimum Gasteiger partial charge on any atom is -0.454 e. The van der Waals surface area contributed by atoms with Gasteiger partial charge in [0.05, 0.1) is 6.54 Å². The average molecular weight is 487 g/mol. The maximum absolute atomic E-state index is 6.21. The molecule has 0 atom stereocenters. The molecule has 2 fully saturated rings. The Labute approximate surface area is 178 Å². The van der Waals surface area contributed by atoms with Crippen molar-refractivity contribution in [2.24, 2.45) is 10.7 Å². The number of fused-ring (bicyclic) bond motifs is 1. The highest BCUT2D eigenvalue weighted by atomic mass is 127. The second-order valence-corrected chi connectivity index (χ2v) is 7.64. The van der Waals surface area contributed by atoms with E-state index in [2.05, 4.69) is 17.4 Å². The molecule has 27 heavy (non-hydrogen) atoms. The van der Waals surface area contributed by atoms with E-state index in [1.54, 1.807) is 0 Å². The van der Waals surface area contributed by atoms with Gasteiger partial charge in [-0.05, 0) is 43.4 Å². The molecule has 150 valence electrons. The summed E-state index contributed by atoms with van der Waals surface area (Å²) >= 11 is 0. The molecule has 7 heteroatoms. The van der Waals surface area contributed by atoms with Gasteiger partial charge in [-0.3, -0.25) is 4.99 Å². The summed E-state index contributed by atoms with van der Waals surface area (Å²) in [5.74, 6) is 2.21. The fourth-order valence-electron chi connectivity index (χ4n) is 4.26. The molecule has 1 aromatic rings. The number of aliphatic imine (C=N–C) groups is 1. The van der Waals surface area contributed by atoms with E-state index in [-0.39, 0.29) is 29.4 Å². The van der Waals surface area contributed by atoms with Crippen molar-refractivity contribution < 1.29 is 14.2 Å². The standard InChI is InChI=1S/C20H29N3O3.HI/c21-19(23-16-4-2-1-3-5-16)22-13-20(8-10-24-11-9-20)15-6-7-17-18(12-15)26-14-25-17;/h6-7,12,16H,1-5,8-11,13-14H2,(H3,21,22,23);1H. The predicted octanol–water partition coefficient (Wildman–Crippen LogP) is 3.32. The fraction of sp³-hybridized carbons (Fsp3) is 0.650. The molecular formula is C20H30IN3O3. The Morgan fingerprint density at radius 3 is 2.63 bits per heavy atom. The monoisotopic (exact) mass is 487 g/mol. The van der Waals surface area contributed by atoms with Gasteiger partial charge in [0.15, 0.2) is 17.5 Å². The zero-order valence-electron chi connectivity index (χ0n) is 15.7. The first kappa shape index (κ1) is 20.5. The SMILES string of the molecule is I.NC(=NCC1(c2ccc3c(c2)OCO3)CCOCC1)NC1CCCCC1. The minimum absolute atomic E-state index is 0. The largest absolute Gasteiger partial charge is 0.454 e. The normalized spacial score (nSPS) is 22.1. The highest BCUT2D eigenvalue weighted by Gasteiger charge is 2.35. The third-order valence-electron chi connectivity index (χ3n) is 5.94. The smallest absolute Gasteiger partial charge is 0.231 e. The summed E-state index contributed by atoms with van der Waals surface area (Å²) in [4.78, 5) is 4.74. The topological polar surface area (TPSA) is 78.1 Å². The van der Waals surface area contributed by atoms with E-state index in [9.17, 15) is 0 Å². The van der Waals surface area contributed by atoms with Crippen LogP contribution in [0, 0.1) is 0 Å². The van der Waals surface area contributed by atoms with Crippen LogP contribution >= 0.6 is 24.0 Å². The number of guanidine groups is 1. The molecule has 2 heterocycles. The number of nitrogens with zero attached hydrogens (tertiary/aromatic N) is 1. The predicted molar refractivity (Wildman–Crippen MR) is 116 cm³/mol. The van der Waals surface area contributed by atoms with Crippen LogP contribution in [-0.4, -0.2) is 38.6 Å². The molecular weight excluding hydrogens is 457 g/mol. The lowest BCUT2D eigenvalue weighted by Crippen LogP contribution is -2.43. The number of hydrogen-bond donors (Lipinski definition) is 2. The van der Waals surface area contributed by atoms with Crippen molar-refractivity contribution >= 4 is 29.9 Å². The molecule has 0 amide bonds. The molecule has 6 nitrogen and oxygen atoms in total. The summed E-state index contributed by atoms with van der Waals surface area (Å²) < 4.78 is 16.6. The molecule has 3 N–H and O–H groups in total. The highest BCUT2D eigenvalue weighted by Crippen LogP contribution is 2.41. The fourth-order valence-corrected chi connectivity index (χ4v) is 4.26. The Hall–Kier alpha value is -1.22. The van der Waals surface area contributed by atoms with Crippen LogP contribution in [0.3, 0.4) is 0 Å². The van der Waals surface area contributed by atoms with Crippen LogP contribution in [0.1, 0.15) is 50.5 Å². The van der Waals surface area contributed by atoms with E-state index in [1.807, 2.05) is 6.07 Å². The number of halogens is 1. The third kappa shape index (κ3) is 4.80. The zero-order chi connectivity index (χ0) is 17.8. The van der Waals surface area contributed by atoms with Crippen LogP contribution in [-0.2, 0) is 10.2 Å². The molecule has 1 aliphatic carbocycles. The lowest BCUT2D eigenvalue weighted by Gasteiger charge is -2.36. The molecule has 1 aromatic carbocycles. The van der Waals surface area contributed by atoms with Gasteiger partial charge in [0.25, 0.3) is 0 Å². The van der Waals surface area contributed by atoms with Gasteiger partial charge in [0.1, 0.15) is 0 Å². The highest BCUT2D eigenvalue weighted by molar-refractivity contribution is 14.0. The number of nitrogens with two attached hydrogens (primary N) is 1. The van der Waals surface area contributed by atoms with Gasteiger partial charge in [-0.25, -0.2) is 0 Å². The molecule has 1 saturated heterocycles. The van der Waals surface area contributed by atoms with Crippen LogP contribution < -0.4 is 20.5 Å². The van der Waals surface area contributed by atoms with Crippen LogP contribution in [0.25, 0.3) is 0 Å². The van der Waals surface area contributed by atoms with Crippen LogP contribution in [0.4, 0.5) is 0 Å². The Kier molecular flexibility index (Phi) is 7.08. The average Bonchev–Trinajstić information content (AvgIpc) is 3.16. The number of ether oxygens (including phenoxy) is 3. The lowest BCUT2D eigenvalue weighted by atomic mass is 9.74. The van der Waals surface area contributed by atoms with Crippen molar-refractivity contribution in [1.82, 2.24) is 5.32 Å². The van der Waals surface area contributed by atoms with Crippen molar-refractivity contribution in [3.8, 4) is 11.5 Å². The number of hydrogen-bond acceptors (Lipinski definition) is 4. The van der Waals surface area contributed by atoms with Gasteiger partial charge < -0.3 is 25.3 Å². The Morgan fingerprint density at radius 2 is 1.85 bits per heavy atom. The summed E-state index contributed by atoms with van der Waals surface area (Å²) in [6, 6.07) is 6.72. The van der Waals surface area contributed by atoms with E-state index in [0.29, 0.717) is 25.3 Å². The van der Waals surface area contributed by atoms with Crippen molar-refractivity contribution in [2.75, 3.05) is 26.6 Å². The quantitative estimate of drug-likeness (QED) is 0.387. The molecule has 0 spiro atoms. The number of nitrogens with one attached hydrogen (secondary N) is 1. The van der Waals surface area contributed by atoms with E-state index in [4.69, 9.17) is 24.9 Å². The number of rotatable bonds is 4. The van der Waals surface area contributed by atoms with Gasteiger partial charge >= 0.3 is 0 Å². The maximum atomic E-state index is 6.21. The van der Waals surface area contributed by atoms with Gasteiger partial charge in [-0.15, -0.1) is 24.0 Å². The maximum Gasteiger partial charge on any atom is 0.231 e. The molecule has 0 bridgehead atoms. The molecule has 2 aliphatic heterocycles. The van der Waals surface area contributed by atoms with Crippen molar-refractivity contribution in [2.45, 2.75) is 56.4 Å². The second kappa shape index (κ2) is 9.32. The van der Waals surface area contributed by atoms with Crippen molar-refractivity contribution in [3.63, 3.8) is 0 Å². The summed E-state index contributed by atoms with van der Waals surface area (Å²) in [6.45, 7) is 2.46. The van der Waals surface area contributed by atoms with Crippen LogP contribution in [0.5, 0.6) is 11.5 Å². The molecule has 1 saturated carbocycles. The van der Waals surface area contributed by atoms with E-state index in [1.165, 1.54) is 37.7 Å². The zero-order valence-corrected chi connectivity index (χ0v) is 18.1. The van der Waals surface area contributed by atoms with Gasteiger partial charge in [-0.1, -0.05) is 25.3 Å². The first-order valence-electron chi connectivity index (χ1n) is 9.80. The summed E-state index contributed by atoms with van der Waals surface area (Å²) in [5.41, 5.74) is 7.39. The number of benzene rings is 1.